The Balaban J connectivity index is 4.16. The van der Waals surface area contributed by atoms with E-state index in [0.717, 1.165) is 0 Å². The van der Waals surface area contributed by atoms with Crippen LogP contribution in [0.5, 0.6) is 0 Å². The van der Waals surface area contributed by atoms with Gasteiger partial charge in [0, 0.05) is 0 Å². The summed E-state index contributed by atoms with van der Waals surface area (Å²) in [6, 6.07) is 0. The average Bonchev–Trinajstić information content (AvgIpc) is 2.14. The summed E-state index contributed by atoms with van der Waals surface area (Å²) in [4.78, 5) is 11.3. The van der Waals surface area contributed by atoms with E-state index >= 15 is 0 Å². The zero-order valence-corrected chi connectivity index (χ0v) is 7.95. The third-order valence-electron chi connectivity index (χ3n) is 1.79. The summed E-state index contributed by atoms with van der Waals surface area (Å²) >= 11 is 0. The summed E-state index contributed by atoms with van der Waals surface area (Å²) in [7, 11) is 0. The number of aliphatic hydroxyl groups excluding tert-OH is 1. The fourth-order valence-corrected chi connectivity index (χ4v) is 0.938. The van der Waals surface area contributed by atoms with Crippen LogP contribution in [0.4, 0.5) is 0 Å². The zero-order valence-electron chi connectivity index (χ0n) is 7.95. The zero-order chi connectivity index (χ0) is 10.3. The topological polar surface area (TPSA) is 98.6 Å². The Morgan fingerprint density at radius 1 is 1.62 bits per heavy atom. The van der Waals surface area contributed by atoms with Gasteiger partial charge in [0.15, 0.2) is 0 Å². The van der Waals surface area contributed by atoms with E-state index in [1.54, 1.807) is 6.92 Å². The number of esters is 1. The Morgan fingerprint density at radius 2 is 2.23 bits per heavy atom. The first-order valence-electron chi connectivity index (χ1n) is 4.37. The summed E-state index contributed by atoms with van der Waals surface area (Å²) in [5, 5.41) is 8.94. The molecule has 0 spiro atoms. The van der Waals surface area contributed by atoms with E-state index in [1.807, 2.05) is 0 Å². The number of hydrogen-bond donors (Lipinski definition) is 3. The summed E-state index contributed by atoms with van der Waals surface area (Å²) in [6.45, 7) is 1.99. The van der Waals surface area contributed by atoms with Gasteiger partial charge in [0.25, 0.3) is 0 Å². The molecule has 0 aliphatic rings. The van der Waals surface area contributed by atoms with Crippen LogP contribution < -0.4 is 11.5 Å². The molecule has 0 aliphatic carbocycles. The van der Waals surface area contributed by atoms with Gasteiger partial charge in [-0.25, -0.2) is 4.79 Å². The Morgan fingerprint density at radius 3 is 2.62 bits per heavy atom. The molecule has 0 aromatic carbocycles. The molecule has 0 radical (unpaired) electrons. The number of ether oxygens (including phenoxy) is 1. The lowest BCUT2D eigenvalue weighted by Crippen LogP contribution is -2.52. The average molecular weight is 190 g/mol. The van der Waals surface area contributed by atoms with Crippen molar-refractivity contribution in [2.24, 2.45) is 11.5 Å². The molecule has 0 saturated carbocycles. The largest absolute Gasteiger partial charge is 0.465 e. The van der Waals surface area contributed by atoms with Crippen LogP contribution >= 0.6 is 0 Å². The molecule has 0 aliphatic heterocycles. The predicted octanol–water partition coefficient (Wildman–Crippen LogP) is -1.02. The molecule has 0 rings (SSSR count). The quantitative estimate of drug-likeness (QED) is 0.465. The second kappa shape index (κ2) is 5.90. The van der Waals surface area contributed by atoms with Crippen molar-refractivity contribution in [2.45, 2.75) is 25.3 Å². The molecule has 0 aromatic heterocycles. The number of carbonyl (C=O) groups excluding carboxylic acids is 1. The normalized spacial score (nSPS) is 15.1. The third kappa shape index (κ3) is 3.71. The molecule has 0 aromatic rings. The number of aliphatic hydroxyl groups is 1. The van der Waals surface area contributed by atoms with Gasteiger partial charge in [0.05, 0.1) is 13.2 Å². The number of carbonyl (C=O) groups is 1. The van der Waals surface area contributed by atoms with Crippen LogP contribution in [0.1, 0.15) is 19.8 Å². The molecule has 13 heavy (non-hydrogen) atoms. The van der Waals surface area contributed by atoms with Crippen molar-refractivity contribution in [3.8, 4) is 0 Å². The predicted molar refractivity (Wildman–Crippen MR) is 48.9 cm³/mol. The molecule has 5 nitrogen and oxygen atoms in total. The highest BCUT2D eigenvalue weighted by Crippen LogP contribution is 2.10. The molecule has 0 heterocycles. The second-order valence-electron chi connectivity index (χ2n) is 2.93. The molecular weight excluding hydrogens is 172 g/mol. The maximum atomic E-state index is 11.3. The molecule has 0 amide bonds. The van der Waals surface area contributed by atoms with E-state index in [0.29, 0.717) is 19.4 Å². The van der Waals surface area contributed by atoms with Crippen LogP contribution in [0.2, 0.25) is 0 Å². The highest BCUT2D eigenvalue weighted by Gasteiger charge is 2.34. The highest BCUT2D eigenvalue weighted by atomic mass is 16.5. The maximum Gasteiger partial charge on any atom is 0.328 e. The van der Waals surface area contributed by atoms with Crippen molar-refractivity contribution < 1.29 is 14.6 Å². The van der Waals surface area contributed by atoms with Crippen molar-refractivity contribution in [1.82, 2.24) is 0 Å². The third-order valence-corrected chi connectivity index (χ3v) is 1.79. The first-order valence-corrected chi connectivity index (χ1v) is 4.37. The van der Waals surface area contributed by atoms with Gasteiger partial charge >= 0.3 is 5.97 Å². The van der Waals surface area contributed by atoms with Crippen LogP contribution in [0.3, 0.4) is 0 Å². The van der Waals surface area contributed by atoms with Crippen molar-refractivity contribution >= 4 is 5.97 Å². The standard InChI is InChI=1S/C8H18N2O3/c1-2-13-7(12)8(10,6-11)4-3-5-9/h11H,2-6,9-10H2,1H3/t8-/m1/s1. The molecule has 0 unspecified atom stereocenters. The van der Waals surface area contributed by atoms with E-state index in [2.05, 4.69) is 0 Å². The van der Waals surface area contributed by atoms with Gasteiger partial charge in [-0.1, -0.05) is 0 Å². The van der Waals surface area contributed by atoms with E-state index in [9.17, 15) is 4.79 Å². The van der Waals surface area contributed by atoms with Gasteiger partial charge in [-0.3, -0.25) is 0 Å². The van der Waals surface area contributed by atoms with Gasteiger partial charge < -0.3 is 21.3 Å². The minimum Gasteiger partial charge on any atom is -0.465 e. The van der Waals surface area contributed by atoms with E-state index in [1.165, 1.54) is 0 Å². The van der Waals surface area contributed by atoms with Gasteiger partial charge in [0.1, 0.15) is 5.54 Å². The summed E-state index contributed by atoms with van der Waals surface area (Å²) < 4.78 is 4.73. The van der Waals surface area contributed by atoms with Crippen LogP contribution in [-0.4, -0.2) is 36.4 Å². The first kappa shape index (κ1) is 12.3. The van der Waals surface area contributed by atoms with E-state index in [4.69, 9.17) is 21.3 Å². The number of rotatable bonds is 6. The summed E-state index contributed by atoms with van der Waals surface area (Å²) in [6.07, 6.45) is 0.939. The lowest BCUT2D eigenvalue weighted by Gasteiger charge is -2.24. The van der Waals surface area contributed by atoms with Crippen molar-refractivity contribution in [3.63, 3.8) is 0 Å². The van der Waals surface area contributed by atoms with Crippen molar-refractivity contribution in [2.75, 3.05) is 19.8 Å². The lowest BCUT2D eigenvalue weighted by atomic mass is 9.96. The lowest BCUT2D eigenvalue weighted by molar-refractivity contribution is -0.151. The van der Waals surface area contributed by atoms with Crippen LogP contribution in [0.15, 0.2) is 0 Å². The van der Waals surface area contributed by atoms with Crippen molar-refractivity contribution in [3.05, 3.63) is 0 Å². The molecule has 5 heteroatoms. The maximum absolute atomic E-state index is 11.3. The van der Waals surface area contributed by atoms with Gasteiger partial charge in [0.2, 0.25) is 0 Å². The summed E-state index contributed by atoms with van der Waals surface area (Å²) in [5.74, 6) is -0.564. The van der Waals surface area contributed by atoms with E-state index in [-0.39, 0.29) is 6.61 Å². The van der Waals surface area contributed by atoms with Crippen LogP contribution in [0, 0.1) is 0 Å². The minimum atomic E-state index is -1.28. The highest BCUT2D eigenvalue weighted by molar-refractivity contribution is 5.80. The smallest absolute Gasteiger partial charge is 0.328 e. The first-order chi connectivity index (χ1) is 6.10. The molecule has 78 valence electrons. The van der Waals surface area contributed by atoms with Crippen LogP contribution in [0.25, 0.3) is 0 Å². The molecule has 0 saturated heterocycles. The van der Waals surface area contributed by atoms with Crippen molar-refractivity contribution in [1.29, 1.82) is 0 Å². The van der Waals surface area contributed by atoms with Gasteiger partial charge in [-0.2, -0.15) is 0 Å². The Bertz CT molecular complexity index is 163. The Hall–Kier alpha value is -0.650. The minimum absolute atomic E-state index is 0.264. The Labute approximate surface area is 78.0 Å². The molecule has 1 atom stereocenters. The molecule has 0 fully saturated rings. The number of hydrogen-bond acceptors (Lipinski definition) is 5. The molecule has 5 N–H and O–H groups in total. The molecular formula is C8H18N2O3. The van der Waals surface area contributed by atoms with Gasteiger partial charge in [-0.05, 0) is 26.3 Å². The fraction of sp³-hybridized carbons (Fsp3) is 0.875. The fourth-order valence-electron chi connectivity index (χ4n) is 0.938. The second-order valence-corrected chi connectivity index (χ2v) is 2.93. The summed E-state index contributed by atoms with van der Waals surface area (Å²) in [5.41, 5.74) is 9.63. The van der Waals surface area contributed by atoms with Gasteiger partial charge in [-0.15, -0.1) is 0 Å². The molecule has 0 bridgehead atoms. The SMILES string of the molecule is CCOC(=O)[C@](N)(CO)CCCN. The number of nitrogens with two attached hydrogens (primary N) is 2. The van der Waals surface area contributed by atoms with Crippen LogP contribution in [-0.2, 0) is 9.53 Å². The monoisotopic (exact) mass is 190 g/mol. The van der Waals surface area contributed by atoms with E-state index < -0.39 is 18.1 Å². The Kier molecular flexibility index (Phi) is 5.61.